The van der Waals surface area contributed by atoms with Crippen molar-refractivity contribution in [2.24, 2.45) is 0 Å². The number of nitrogens with zero attached hydrogens (tertiary/aromatic N) is 2. The Bertz CT molecular complexity index is 334. The summed E-state index contributed by atoms with van der Waals surface area (Å²) in [5.41, 5.74) is 1.16. The van der Waals surface area contributed by atoms with E-state index in [9.17, 15) is 0 Å². The van der Waals surface area contributed by atoms with Gasteiger partial charge in [-0.1, -0.05) is 13.8 Å². The molecule has 1 N–H and O–H groups in total. The predicted molar refractivity (Wildman–Crippen MR) is 70.2 cm³/mol. The van der Waals surface area contributed by atoms with Gasteiger partial charge in [0.25, 0.3) is 0 Å². The first-order chi connectivity index (χ1) is 8.24. The smallest absolute Gasteiger partial charge is 0.107 e. The van der Waals surface area contributed by atoms with E-state index in [4.69, 9.17) is 4.74 Å². The van der Waals surface area contributed by atoms with Gasteiger partial charge in [0.2, 0.25) is 0 Å². The molecule has 0 atom stereocenters. The van der Waals surface area contributed by atoms with E-state index in [0.29, 0.717) is 6.04 Å². The fourth-order valence-corrected chi connectivity index (χ4v) is 2.60. The zero-order valence-electron chi connectivity index (χ0n) is 10.6. The van der Waals surface area contributed by atoms with Crippen LogP contribution in [0.15, 0.2) is 5.38 Å². The minimum Gasteiger partial charge on any atom is -0.379 e. The van der Waals surface area contributed by atoms with E-state index in [2.05, 4.69) is 34.4 Å². The Kier molecular flexibility index (Phi) is 4.91. The van der Waals surface area contributed by atoms with Crippen LogP contribution >= 0.6 is 11.3 Å². The second-order valence-electron chi connectivity index (χ2n) is 4.66. The average molecular weight is 255 g/mol. The van der Waals surface area contributed by atoms with Crippen LogP contribution in [0, 0.1) is 0 Å². The van der Waals surface area contributed by atoms with E-state index < -0.39 is 0 Å². The van der Waals surface area contributed by atoms with Crippen molar-refractivity contribution in [2.75, 3.05) is 26.3 Å². The Balaban J connectivity index is 1.80. The number of hydrogen-bond donors (Lipinski definition) is 1. The first kappa shape index (κ1) is 13.0. The van der Waals surface area contributed by atoms with Crippen molar-refractivity contribution in [3.8, 4) is 0 Å². The molecular formula is C12H21N3OS. The minimum absolute atomic E-state index is 0.513. The van der Waals surface area contributed by atoms with E-state index in [0.717, 1.165) is 45.1 Å². The Morgan fingerprint density at radius 1 is 1.47 bits per heavy atom. The summed E-state index contributed by atoms with van der Waals surface area (Å²) in [6.45, 7) is 9.91. The molecule has 1 aromatic heterocycles. The lowest BCUT2D eigenvalue weighted by atomic mass is 10.3. The molecule has 1 aliphatic heterocycles. The molecule has 0 saturated carbocycles. The summed E-state index contributed by atoms with van der Waals surface area (Å²) in [5, 5.41) is 6.76. The molecule has 0 aromatic carbocycles. The average Bonchev–Trinajstić information content (AvgIpc) is 2.75. The van der Waals surface area contributed by atoms with Crippen LogP contribution in [0.1, 0.15) is 24.5 Å². The predicted octanol–water partition coefficient (Wildman–Crippen LogP) is 1.47. The number of ether oxygens (including phenoxy) is 1. The molecule has 4 nitrogen and oxygen atoms in total. The van der Waals surface area contributed by atoms with Gasteiger partial charge in [0.1, 0.15) is 5.01 Å². The van der Waals surface area contributed by atoms with Gasteiger partial charge < -0.3 is 10.1 Å². The largest absolute Gasteiger partial charge is 0.379 e. The third-order valence-corrected chi connectivity index (χ3v) is 3.64. The highest BCUT2D eigenvalue weighted by Crippen LogP contribution is 2.13. The van der Waals surface area contributed by atoms with Gasteiger partial charge in [-0.25, -0.2) is 4.98 Å². The summed E-state index contributed by atoms with van der Waals surface area (Å²) in [6.07, 6.45) is 0. The number of morpholine rings is 1. The highest BCUT2D eigenvalue weighted by Gasteiger charge is 2.12. The topological polar surface area (TPSA) is 37.4 Å². The summed E-state index contributed by atoms with van der Waals surface area (Å²) in [4.78, 5) is 7.05. The van der Waals surface area contributed by atoms with Gasteiger partial charge in [-0.2, -0.15) is 0 Å². The second-order valence-corrected chi connectivity index (χ2v) is 5.60. The number of hydrogen-bond acceptors (Lipinski definition) is 5. The van der Waals surface area contributed by atoms with Gasteiger partial charge in [-0.15, -0.1) is 11.3 Å². The van der Waals surface area contributed by atoms with Crippen LogP contribution in [0.4, 0.5) is 0 Å². The lowest BCUT2D eigenvalue weighted by Gasteiger charge is -2.25. The molecule has 5 heteroatoms. The lowest BCUT2D eigenvalue weighted by molar-refractivity contribution is 0.0341. The number of thiazole rings is 1. The summed E-state index contributed by atoms with van der Waals surface area (Å²) < 4.78 is 5.34. The van der Waals surface area contributed by atoms with Gasteiger partial charge in [0.15, 0.2) is 0 Å². The van der Waals surface area contributed by atoms with E-state index in [1.165, 1.54) is 5.01 Å². The van der Waals surface area contributed by atoms with Crippen LogP contribution in [0.25, 0.3) is 0 Å². The van der Waals surface area contributed by atoms with Gasteiger partial charge >= 0.3 is 0 Å². The van der Waals surface area contributed by atoms with Crippen LogP contribution in [-0.4, -0.2) is 42.2 Å². The molecule has 0 radical (unpaired) electrons. The van der Waals surface area contributed by atoms with Crippen molar-refractivity contribution in [1.29, 1.82) is 0 Å². The summed E-state index contributed by atoms with van der Waals surface area (Å²) in [7, 11) is 0. The molecule has 1 fully saturated rings. The van der Waals surface area contributed by atoms with Gasteiger partial charge in [0.05, 0.1) is 25.5 Å². The summed E-state index contributed by atoms with van der Waals surface area (Å²) in [5.74, 6) is 0. The Morgan fingerprint density at radius 3 is 2.94 bits per heavy atom. The van der Waals surface area contributed by atoms with Gasteiger partial charge in [0, 0.05) is 31.1 Å². The first-order valence-corrected chi connectivity index (χ1v) is 7.09. The molecule has 0 spiro atoms. The van der Waals surface area contributed by atoms with Crippen molar-refractivity contribution in [2.45, 2.75) is 33.0 Å². The summed E-state index contributed by atoms with van der Waals surface area (Å²) in [6, 6.07) is 0.513. The molecule has 17 heavy (non-hydrogen) atoms. The van der Waals surface area contributed by atoms with Crippen LogP contribution in [-0.2, 0) is 17.8 Å². The minimum atomic E-state index is 0.513. The fourth-order valence-electron chi connectivity index (χ4n) is 1.76. The zero-order chi connectivity index (χ0) is 12.1. The quantitative estimate of drug-likeness (QED) is 0.864. The number of aromatic nitrogens is 1. The van der Waals surface area contributed by atoms with Gasteiger partial charge in [-0.3, -0.25) is 4.90 Å². The van der Waals surface area contributed by atoms with Crippen LogP contribution in [0.3, 0.4) is 0 Å². The molecule has 1 aromatic rings. The van der Waals surface area contributed by atoms with E-state index in [-0.39, 0.29) is 0 Å². The molecule has 1 aliphatic rings. The molecule has 2 heterocycles. The maximum absolute atomic E-state index is 5.34. The third-order valence-electron chi connectivity index (χ3n) is 2.75. The highest BCUT2D eigenvalue weighted by molar-refractivity contribution is 7.09. The maximum Gasteiger partial charge on any atom is 0.107 e. The Hall–Kier alpha value is -0.490. The van der Waals surface area contributed by atoms with Crippen molar-refractivity contribution >= 4 is 11.3 Å². The number of nitrogens with one attached hydrogen (secondary N) is 1. The Labute approximate surface area is 107 Å². The standard InChI is InChI=1S/C12H21N3OS/c1-10(2)13-7-11-9-17-12(14-11)8-15-3-5-16-6-4-15/h9-10,13H,3-8H2,1-2H3. The second kappa shape index (κ2) is 6.44. The molecule has 0 aliphatic carbocycles. The van der Waals surface area contributed by atoms with Crippen molar-refractivity contribution in [3.05, 3.63) is 16.1 Å². The molecule has 0 amide bonds. The van der Waals surface area contributed by atoms with E-state index in [1.54, 1.807) is 11.3 Å². The number of rotatable bonds is 5. The molecular weight excluding hydrogens is 234 g/mol. The van der Waals surface area contributed by atoms with E-state index >= 15 is 0 Å². The lowest BCUT2D eigenvalue weighted by Crippen LogP contribution is -2.35. The van der Waals surface area contributed by atoms with Crippen molar-refractivity contribution in [1.82, 2.24) is 15.2 Å². The van der Waals surface area contributed by atoms with Gasteiger partial charge in [-0.05, 0) is 0 Å². The molecule has 0 bridgehead atoms. The molecule has 96 valence electrons. The first-order valence-electron chi connectivity index (χ1n) is 6.21. The zero-order valence-corrected chi connectivity index (χ0v) is 11.4. The van der Waals surface area contributed by atoms with Crippen LogP contribution in [0.2, 0.25) is 0 Å². The van der Waals surface area contributed by atoms with Crippen molar-refractivity contribution in [3.63, 3.8) is 0 Å². The molecule has 1 saturated heterocycles. The maximum atomic E-state index is 5.34. The molecule has 0 unspecified atom stereocenters. The van der Waals surface area contributed by atoms with Crippen LogP contribution in [0.5, 0.6) is 0 Å². The fraction of sp³-hybridized carbons (Fsp3) is 0.750. The Morgan fingerprint density at radius 2 is 2.24 bits per heavy atom. The SMILES string of the molecule is CC(C)NCc1csc(CN2CCOCC2)n1. The normalized spacial score (nSPS) is 17.8. The van der Waals surface area contributed by atoms with Crippen molar-refractivity contribution < 1.29 is 4.74 Å². The molecule has 2 rings (SSSR count). The monoisotopic (exact) mass is 255 g/mol. The third kappa shape index (κ3) is 4.35. The van der Waals surface area contributed by atoms with Crippen LogP contribution < -0.4 is 5.32 Å². The summed E-state index contributed by atoms with van der Waals surface area (Å²) >= 11 is 1.76. The van der Waals surface area contributed by atoms with E-state index in [1.807, 2.05) is 0 Å². The highest BCUT2D eigenvalue weighted by atomic mass is 32.1.